The minimum Gasteiger partial charge on any atom is -0.223 e. The first-order valence-electron chi connectivity index (χ1n) is 7.22. The fourth-order valence-electron chi connectivity index (χ4n) is 2.42. The lowest BCUT2D eigenvalue weighted by Crippen LogP contribution is -2.25. The van der Waals surface area contributed by atoms with E-state index < -0.39 is 9.84 Å². The van der Waals surface area contributed by atoms with E-state index in [0.29, 0.717) is 23.7 Å². The molecule has 4 heteroatoms. The molecule has 1 unspecified atom stereocenters. The number of rotatable bonds is 6. The lowest BCUT2D eigenvalue weighted by molar-refractivity contribution is 0.523. The second-order valence-corrected chi connectivity index (χ2v) is 9.15. The summed E-state index contributed by atoms with van der Waals surface area (Å²) in [7, 11) is -3.28. The lowest BCUT2D eigenvalue weighted by atomic mass is 10.1. The molecule has 0 bridgehead atoms. The quantitative estimate of drug-likeness (QED) is 0.785. The normalized spacial score (nSPS) is 13.5. The fraction of sp³-hybridized carbons (Fsp3) is 0.412. The molecule has 1 heterocycles. The van der Waals surface area contributed by atoms with Gasteiger partial charge in [-0.3, -0.25) is 0 Å². The van der Waals surface area contributed by atoms with Crippen LogP contribution in [0, 0.1) is 12.8 Å². The molecule has 0 saturated heterocycles. The summed E-state index contributed by atoms with van der Waals surface area (Å²) < 4.78 is 25.8. The van der Waals surface area contributed by atoms with Crippen molar-refractivity contribution in [3.05, 3.63) is 52.2 Å². The van der Waals surface area contributed by atoms with Crippen molar-refractivity contribution < 1.29 is 8.42 Å². The first-order chi connectivity index (χ1) is 9.89. The van der Waals surface area contributed by atoms with Crippen LogP contribution in [0.3, 0.4) is 0 Å². The highest BCUT2D eigenvalue weighted by Crippen LogP contribution is 2.26. The largest absolute Gasteiger partial charge is 0.223 e. The van der Waals surface area contributed by atoms with Crippen LogP contribution in [0.4, 0.5) is 0 Å². The Balaban J connectivity index is 2.31. The number of aryl methyl sites for hydroxylation is 1. The van der Waals surface area contributed by atoms with Gasteiger partial charge in [-0.05, 0) is 49.3 Å². The minimum absolute atomic E-state index is 0.348. The molecule has 0 spiro atoms. The highest BCUT2D eigenvalue weighted by atomic mass is 32.2. The molecule has 0 radical (unpaired) electrons. The third kappa shape index (κ3) is 4.17. The Kier molecular flexibility index (Phi) is 5.22. The molecule has 0 saturated carbocycles. The third-order valence-electron chi connectivity index (χ3n) is 3.53. The van der Waals surface area contributed by atoms with E-state index in [1.165, 1.54) is 0 Å². The smallest absolute Gasteiger partial charge is 0.181 e. The van der Waals surface area contributed by atoms with Crippen LogP contribution in [-0.4, -0.2) is 13.7 Å². The van der Waals surface area contributed by atoms with E-state index in [-0.39, 0.29) is 5.25 Å². The maximum Gasteiger partial charge on any atom is 0.181 e. The zero-order valence-corrected chi connectivity index (χ0v) is 14.4. The first-order valence-corrected chi connectivity index (χ1v) is 9.65. The van der Waals surface area contributed by atoms with E-state index in [9.17, 15) is 8.42 Å². The molecule has 21 heavy (non-hydrogen) atoms. The van der Waals surface area contributed by atoms with Gasteiger partial charge in [0.1, 0.15) is 0 Å². The second kappa shape index (κ2) is 6.75. The Morgan fingerprint density at radius 2 is 1.76 bits per heavy atom. The van der Waals surface area contributed by atoms with Crippen molar-refractivity contribution in [1.82, 2.24) is 0 Å². The van der Waals surface area contributed by atoms with Gasteiger partial charge >= 0.3 is 0 Å². The summed E-state index contributed by atoms with van der Waals surface area (Å²) in [6.45, 7) is 6.12. The SMILES string of the molecule is Cc1ccc(S(=O)(=O)C(Cc2cccs2)CC(C)C)cc1. The average molecular weight is 322 g/mol. The molecular weight excluding hydrogens is 300 g/mol. The van der Waals surface area contributed by atoms with Crippen LogP contribution >= 0.6 is 11.3 Å². The first kappa shape index (κ1) is 16.2. The predicted octanol–water partition coefficient (Wildman–Crippen LogP) is 4.49. The van der Waals surface area contributed by atoms with Gasteiger partial charge in [0.05, 0.1) is 10.1 Å². The van der Waals surface area contributed by atoms with E-state index in [2.05, 4.69) is 13.8 Å². The highest BCUT2D eigenvalue weighted by Gasteiger charge is 2.28. The number of hydrogen-bond donors (Lipinski definition) is 0. The number of hydrogen-bond acceptors (Lipinski definition) is 3. The van der Waals surface area contributed by atoms with Crippen molar-refractivity contribution in [2.24, 2.45) is 5.92 Å². The van der Waals surface area contributed by atoms with Crippen molar-refractivity contribution >= 4 is 21.2 Å². The zero-order valence-electron chi connectivity index (χ0n) is 12.7. The van der Waals surface area contributed by atoms with Gasteiger partial charge < -0.3 is 0 Å². The van der Waals surface area contributed by atoms with Crippen molar-refractivity contribution in [1.29, 1.82) is 0 Å². The summed E-state index contributed by atoms with van der Waals surface area (Å²) in [5, 5.41) is 1.65. The maximum atomic E-state index is 12.9. The van der Waals surface area contributed by atoms with Crippen LogP contribution in [0.2, 0.25) is 0 Å². The maximum absolute atomic E-state index is 12.9. The lowest BCUT2D eigenvalue weighted by Gasteiger charge is -2.19. The van der Waals surface area contributed by atoms with Crippen molar-refractivity contribution in [3.8, 4) is 0 Å². The Morgan fingerprint density at radius 3 is 2.29 bits per heavy atom. The summed E-state index contributed by atoms with van der Waals surface area (Å²) >= 11 is 1.63. The number of thiophene rings is 1. The Bertz CT molecular complexity index is 653. The molecule has 2 aromatic rings. The summed E-state index contributed by atoms with van der Waals surface area (Å²) in [6, 6.07) is 11.2. The molecule has 1 aromatic carbocycles. The Hall–Kier alpha value is -1.13. The summed E-state index contributed by atoms with van der Waals surface area (Å²) in [4.78, 5) is 1.58. The van der Waals surface area contributed by atoms with Crippen LogP contribution in [0.15, 0.2) is 46.7 Å². The number of benzene rings is 1. The molecule has 1 aromatic heterocycles. The molecule has 0 aliphatic rings. The van der Waals surface area contributed by atoms with Gasteiger partial charge in [0.2, 0.25) is 0 Å². The van der Waals surface area contributed by atoms with Gasteiger partial charge in [0.15, 0.2) is 9.84 Å². The summed E-state index contributed by atoms with van der Waals surface area (Å²) in [6.07, 6.45) is 1.29. The summed E-state index contributed by atoms with van der Waals surface area (Å²) in [5.41, 5.74) is 1.08. The van der Waals surface area contributed by atoms with Crippen LogP contribution in [0.25, 0.3) is 0 Å². The van der Waals surface area contributed by atoms with Gasteiger partial charge in [-0.1, -0.05) is 37.6 Å². The molecule has 0 amide bonds. The van der Waals surface area contributed by atoms with Gasteiger partial charge in [0.25, 0.3) is 0 Å². The van der Waals surface area contributed by atoms with Gasteiger partial charge in [-0.2, -0.15) is 0 Å². The molecule has 2 nitrogen and oxygen atoms in total. The van der Waals surface area contributed by atoms with Crippen molar-refractivity contribution in [2.75, 3.05) is 0 Å². The predicted molar refractivity (Wildman–Crippen MR) is 89.6 cm³/mol. The van der Waals surface area contributed by atoms with Crippen molar-refractivity contribution in [2.45, 2.75) is 43.8 Å². The Morgan fingerprint density at radius 1 is 1.10 bits per heavy atom. The third-order valence-corrected chi connectivity index (χ3v) is 6.60. The average Bonchev–Trinajstić information content (AvgIpc) is 2.91. The highest BCUT2D eigenvalue weighted by molar-refractivity contribution is 7.92. The van der Waals surface area contributed by atoms with Crippen LogP contribution in [0.1, 0.15) is 30.7 Å². The molecule has 0 aliphatic carbocycles. The summed E-state index contributed by atoms with van der Waals surface area (Å²) in [5.74, 6) is 0.357. The van der Waals surface area contributed by atoms with Crippen molar-refractivity contribution in [3.63, 3.8) is 0 Å². The molecule has 2 rings (SSSR count). The molecule has 0 fully saturated rings. The van der Waals surface area contributed by atoms with Crippen LogP contribution in [-0.2, 0) is 16.3 Å². The molecule has 114 valence electrons. The van der Waals surface area contributed by atoms with E-state index in [1.54, 1.807) is 23.5 Å². The standard InChI is InChI=1S/C17H22O2S2/c1-13(2)11-17(12-15-5-4-10-20-15)21(18,19)16-8-6-14(3)7-9-16/h4-10,13,17H,11-12H2,1-3H3. The van der Waals surface area contributed by atoms with E-state index in [4.69, 9.17) is 0 Å². The van der Waals surface area contributed by atoms with Gasteiger partial charge in [-0.25, -0.2) is 8.42 Å². The zero-order chi connectivity index (χ0) is 15.5. The van der Waals surface area contributed by atoms with Gasteiger partial charge in [-0.15, -0.1) is 11.3 Å². The van der Waals surface area contributed by atoms with Gasteiger partial charge in [0, 0.05) is 4.88 Å². The Labute approximate surface area is 131 Å². The second-order valence-electron chi connectivity index (χ2n) is 5.89. The van der Waals surface area contributed by atoms with Crippen LogP contribution < -0.4 is 0 Å². The number of sulfone groups is 1. The topological polar surface area (TPSA) is 34.1 Å². The van der Waals surface area contributed by atoms with E-state index >= 15 is 0 Å². The molecular formula is C17H22O2S2. The monoisotopic (exact) mass is 322 g/mol. The molecule has 0 N–H and O–H groups in total. The van der Waals surface area contributed by atoms with E-state index in [1.807, 2.05) is 36.6 Å². The fourth-order valence-corrected chi connectivity index (χ4v) is 5.25. The minimum atomic E-state index is -3.28. The molecule has 1 atom stereocenters. The van der Waals surface area contributed by atoms with E-state index in [0.717, 1.165) is 10.4 Å². The molecule has 0 aliphatic heterocycles. The van der Waals surface area contributed by atoms with Crippen LogP contribution in [0.5, 0.6) is 0 Å².